The molecule has 1 aromatic carbocycles. The summed E-state index contributed by atoms with van der Waals surface area (Å²) in [6.07, 6.45) is 5.41. The highest BCUT2D eigenvalue weighted by atomic mass is 28.3. The van der Waals surface area contributed by atoms with Gasteiger partial charge in [-0.25, -0.2) is 14.4 Å². The number of nitrogens with zero attached hydrogens (tertiary/aromatic N) is 4. The van der Waals surface area contributed by atoms with Gasteiger partial charge in [0.15, 0.2) is 11.6 Å². The lowest BCUT2D eigenvalue weighted by Gasteiger charge is -2.34. The van der Waals surface area contributed by atoms with Crippen molar-refractivity contribution in [1.82, 2.24) is 9.97 Å². The number of piperidine rings is 1. The Morgan fingerprint density at radius 1 is 1.06 bits per heavy atom. The minimum absolute atomic E-state index is 0.00701. The van der Waals surface area contributed by atoms with Crippen molar-refractivity contribution in [2.75, 3.05) is 49.2 Å². The van der Waals surface area contributed by atoms with Crippen LogP contribution >= 0.6 is 0 Å². The molecule has 0 aliphatic carbocycles. The Bertz CT molecular complexity index is 841. The first-order valence-electron chi connectivity index (χ1n) is 10.9. The first-order chi connectivity index (χ1) is 15.1. The minimum Gasteiger partial charge on any atom is -0.585 e. The van der Waals surface area contributed by atoms with E-state index in [1.807, 2.05) is 31.6 Å². The molecule has 2 aliphatic rings. The maximum absolute atomic E-state index is 14.8. The molecule has 3 heterocycles. The van der Waals surface area contributed by atoms with Crippen molar-refractivity contribution in [1.29, 1.82) is 0 Å². The number of ether oxygens (including phenoxy) is 2. The Labute approximate surface area is 184 Å². The van der Waals surface area contributed by atoms with E-state index in [1.54, 1.807) is 12.1 Å². The van der Waals surface area contributed by atoms with Gasteiger partial charge in [-0.05, 0) is 6.07 Å². The van der Waals surface area contributed by atoms with Gasteiger partial charge in [-0.3, -0.25) is 0 Å². The average molecular weight is 446 g/mol. The first kappa shape index (κ1) is 22.0. The predicted octanol–water partition coefficient (Wildman–Crippen LogP) is 3.27. The average Bonchev–Trinajstić information content (AvgIpc) is 2.81. The van der Waals surface area contributed by atoms with E-state index in [0.717, 1.165) is 50.7 Å². The third-order valence-corrected chi connectivity index (χ3v) is 6.30. The molecule has 0 spiro atoms. The summed E-state index contributed by atoms with van der Waals surface area (Å²) >= 11 is 0. The van der Waals surface area contributed by atoms with Crippen molar-refractivity contribution in [2.45, 2.75) is 38.6 Å². The summed E-state index contributed by atoms with van der Waals surface area (Å²) in [6.45, 7) is 9.11. The first-order valence-corrected chi connectivity index (χ1v) is 13.3. The van der Waals surface area contributed by atoms with E-state index >= 15 is 0 Å². The second-order valence-corrected chi connectivity index (χ2v) is 10.2. The topological polar surface area (TPSA) is 60.0 Å². The standard InChI is InChI=1S/C22H30FN4O3Si/c1-31(2)29-16-17-4-3-5-20(21(17)23)30-19-6-8-26(9-7-19)18-14-24-22(25-15-18)27-10-12-28-13-11-27/h3-5,14-15,19H,6-13,16H2,1-2H3/q-1. The van der Waals surface area contributed by atoms with Crippen LogP contribution in [0.2, 0.25) is 13.1 Å². The number of aromatic nitrogens is 2. The molecular formula is C22H30FN4O3Si-. The van der Waals surface area contributed by atoms with E-state index < -0.39 is 9.04 Å². The molecule has 0 radical (unpaired) electrons. The fourth-order valence-electron chi connectivity index (χ4n) is 3.80. The van der Waals surface area contributed by atoms with Crippen molar-refractivity contribution < 1.29 is 18.3 Å². The normalized spacial score (nSPS) is 17.9. The number of hydrogen-bond donors (Lipinski definition) is 0. The number of halogens is 1. The molecule has 0 bridgehead atoms. The van der Waals surface area contributed by atoms with Crippen LogP contribution in [0.15, 0.2) is 30.6 Å². The van der Waals surface area contributed by atoms with Crippen molar-refractivity contribution in [3.8, 4) is 5.75 Å². The van der Waals surface area contributed by atoms with Gasteiger partial charge >= 0.3 is 0 Å². The zero-order chi connectivity index (χ0) is 21.6. The van der Waals surface area contributed by atoms with Crippen LogP contribution in [-0.2, 0) is 15.8 Å². The second-order valence-electron chi connectivity index (χ2n) is 8.07. The van der Waals surface area contributed by atoms with Gasteiger partial charge in [0.05, 0.1) is 31.3 Å². The van der Waals surface area contributed by atoms with Crippen molar-refractivity contribution in [3.63, 3.8) is 0 Å². The summed E-state index contributed by atoms with van der Waals surface area (Å²) < 4.78 is 31.8. The number of benzene rings is 1. The lowest BCUT2D eigenvalue weighted by molar-refractivity contribution is 0.122. The molecule has 0 atom stereocenters. The molecule has 0 saturated carbocycles. The minimum atomic E-state index is -0.861. The smallest absolute Gasteiger partial charge is 0.225 e. The van der Waals surface area contributed by atoms with E-state index in [-0.39, 0.29) is 11.9 Å². The maximum atomic E-state index is 14.8. The largest absolute Gasteiger partial charge is 0.585 e. The van der Waals surface area contributed by atoms with Crippen molar-refractivity contribution >= 4 is 20.7 Å². The molecular weight excluding hydrogens is 415 g/mol. The number of rotatable bonds is 7. The van der Waals surface area contributed by atoms with Crippen molar-refractivity contribution in [3.05, 3.63) is 42.0 Å². The van der Waals surface area contributed by atoms with Gasteiger partial charge in [-0.2, -0.15) is 13.1 Å². The summed E-state index contributed by atoms with van der Waals surface area (Å²) in [5.74, 6) is 0.767. The van der Waals surface area contributed by atoms with E-state index in [1.165, 1.54) is 0 Å². The highest BCUT2D eigenvalue weighted by Crippen LogP contribution is 2.27. The Morgan fingerprint density at radius 3 is 2.45 bits per heavy atom. The van der Waals surface area contributed by atoms with Crippen LogP contribution in [0, 0.1) is 5.82 Å². The summed E-state index contributed by atoms with van der Waals surface area (Å²) in [6, 6.07) is 5.29. The lowest BCUT2D eigenvalue weighted by atomic mass is 10.1. The third kappa shape index (κ3) is 5.72. The SMILES string of the molecule is C[Si-](C)OCc1cccc(OC2CCN(c3cnc(N4CCOCC4)nc3)CC2)c1F. The quantitative estimate of drug-likeness (QED) is 0.606. The molecule has 2 aromatic rings. The molecule has 1 aromatic heterocycles. The molecule has 2 aliphatic heterocycles. The number of anilines is 2. The fraction of sp³-hybridized carbons (Fsp3) is 0.545. The van der Waals surface area contributed by atoms with Crippen LogP contribution in [0.5, 0.6) is 5.75 Å². The van der Waals surface area contributed by atoms with Gasteiger partial charge in [0.25, 0.3) is 0 Å². The van der Waals surface area contributed by atoms with Gasteiger partial charge in [0.1, 0.15) is 6.10 Å². The Kier molecular flexibility index (Phi) is 7.36. The summed E-state index contributed by atoms with van der Waals surface area (Å²) in [5, 5.41) is 0. The molecule has 0 N–H and O–H groups in total. The van der Waals surface area contributed by atoms with E-state index in [4.69, 9.17) is 13.9 Å². The zero-order valence-corrected chi connectivity index (χ0v) is 19.2. The molecule has 0 amide bonds. The second kappa shape index (κ2) is 10.4. The van der Waals surface area contributed by atoms with Gasteiger partial charge in [0.2, 0.25) is 5.95 Å². The highest BCUT2D eigenvalue weighted by Gasteiger charge is 2.23. The van der Waals surface area contributed by atoms with Gasteiger partial charge in [0, 0.05) is 51.2 Å². The molecule has 0 unspecified atom stereocenters. The van der Waals surface area contributed by atoms with Crippen LogP contribution in [-0.4, -0.2) is 64.5 Å². The molecule has 4 rings (SSSR count). The Balaban J connectivity index is 1.30. The van der Waals surface area contributed by atoms with E-state index in [0.29, 0.717) is 31.1 Å². The number of hydrogen-bond acceptors (Lipinski definition) is 7. The lowest BCUT2D eigenvalue weighted by Crippen LogP contribution is -2.39. The predicted molar refractivity (Wildman–Crippen MR) is 120 cm³/mol. The van der Waals surface area contributed by atoms with Crippen LogP contribution in [0.4, 0.5) is 16.0 Å². The fourth-order valence-corrected chi connectivity index (χ4v) is 4.24. The highest BCUT2D eigenvalue weighted by molar-refractivity contribution is 6.48. The Hall–Kier alpha value is -2.23. The monoisotopic (exact) mass is 445 g/mol. The van der Waals surface area contributed by atoms with Crippen LogP contribution in [0.3, 0.4) is 0 Å². The zero-order valence-electron chi connectivity index (χ0n) is 18.2. The molecule has 7 nitrogen and oxygen atoms in total. The third-order valence-electron chi connectivity index (χ3n) is 5.58. The number of morpholine rings is 1. The van der Waals surface area contributed by atoms with Crippen molar-refractivity contribution in [2.24, 2.45) is 0 Å². The summed E-state index contributed by atoms with van der Waals surface area (Å²) in [5.41, 5.74) is 1.57. The molecule has 9 heteroatoms. The maximum Gasteiger partial charge on any atom is 0.225 e. The van der Waals surface area contributed by atoms with Gasteiger partial charge < -0.3 is 23.7 Å². The van der Waals surface area contributed by atoms with E-state index in [2.05, 4.69) is 19.8 Å². The van der Waals surface area contributed by atoms with E-state index in [9.17, 15) is 4.39 Å². The molecule has 31 heavy (non-hydrogen) atoms. The summed E-state index contributed by atoms with van der Waals surface area (Å²) in [7, 11) is -0.861. The van der Waals surface area contributed by atoms with Gasteiger partial charge in [-0.15, -0.1) is 9.04 Å². The Morgan fingerprint density at radius 2 is 1.77 bits per heavy atom. The van der Waals surface area contributed by atoms with Gasteiger partial charge in [-0.1, -0.05) is 12.1 Å². The van der Waals surface area contributed by atoms with Crippen LogP contribution in [0.25, 0.3) is 0 Å². The molecule has 168 valence electrons. The molecule has 2 fully saturated rings. The molecule has 2 saturated heterocycles. The summed E-state index contributed by atoms with van der Waals surface area (Å²) in [4.78, 5) is 13.5. The van der Waals surface area contributed by atoms with Crippen LogP contribution < -0.4 is 14.5 Å². The van der Waals surface area contributed by atoms with Crippen LogP contribution in [0.1, 0.15) is 18.4 Å².